The number of nitrogens with zero attached hydrogens (tertiary/aromatic N) is 4. The van der Waals surface area contributed by atoms with Gasteiger partial charge >= 0.3 is 0 Å². The lowest BCUT2D eigenvalue weighted by Crippen LogP contribution is -2.25. The lowest BCUT2D eigenvalue weighted by Gasteiger charge is -2.24. The Kier molecular flexibility index (Phi) is 2.89. The average Bonchev–Trinajstić information content (AvgIpc) is 2.55. The Hall–Kier alpha value is -2.43. The Balaban J connectivity index is 2.31. The van der Waals surface area contributed by atoms with E-state index in [0.29, 0.717) is 11.4 Å². The molecule has 5 heteroatoms. The maximum atomic E-state index is 12.6. The van der Waals surface area contributed by atoms with Crippen molar-refractivity contribution in [1.82, 2.24) is 10.2 Å². The molecular weight excluding hydrogens is 252 g/mol. The molecule has 1 amide bonds. The van der Waals surface area contributed by atoms with Crippen LogP contribution in [0.25, 0.3) is 0 Å². The third-order valence-corrected chi connectivity index (χ3v) is 3.59. The molecule has 0 radical (unpaired) electrons. The maximum Gasteiger partial charge on any atom is 0.261 e. The Morgan fingerprint density at radius 3 is 2.75 bits per heavy atom. The van der Waals surface area contributed by atoms with Crippen molar-refractivity contribution in [3.63, 3.8) is 0 Å². The predicted octanol–water partition coefficient (Wildman–Crippen LogP) is 2.53. The van der Waals surface area contributed by atoms with E-state index in [-0.39, 0.29) is 5.91 Å². The smallest absolute Gasteiger partial charge is 0.261 e. The highest BCUT2D eigenvalue weighted by molar-refractivity contribution is 6.12. The quantitative estimate of drug-likeness (QED) is 0.797. The summed E-state index contributed by atoms with van der Waals surface area (Å²) in [6, 6.07) is 7.82. The lowest BCUT2D eigenvalue weighted by molar-refractivity contribution is 0.0994. The summed E-state index contributed by atoms with van der Waals surface area (Å²) in [4.78, 5) is 16.3. The van der Waals surface area contributed by atoms with E-state index in [1.807, 2.05) is 36.9 Å². The summed E-state index contributed by atoms with van der Waals surface area (Å²) < 4.78 is 0. The van der Waals surface area contributed by atoms with Gasteiger partial charge in [-0.05, 0) is 37.6 Å². The van der Waals surface area contributed by atoms with Crippen LogP contribution in [0, 0.1) is 6.92 Å². The van der Waals surface area contributed by atoms with Crippen LogP contribution in [0.15, 0.2) is 30.5 Å². The van der Waals surface area contributed by atoms with Crippen LogP contribution in [0.5, 0.6) is 0 Å². The number of aryl methyl sites for hydroxylation is 1. The Labute approximate surface area is 117 Å². The summed E-state index contributed by atoms with van der Waals surface area (Å²) in [5.41, 5.74) is 3.58. The van der Waals surface area contributed by atoms with Gasteiger partial charge in [0.1, 0.15) is 0 Å². The molecule has 102 valence electrons. The van der Waals surface area contributed by atoms with Gasteiger partial charge in [0.05, 0.1) is 23.1 Å². The number of rotatable bonds is 1. The van der Waals surface area contributed by atoms with E-state index >= 15 is 0 Å². The van der Waals surface area contributed by atoms with Gasteiger partial charge in [-0.1, -0.05) is 6.07 Å². The number of carbonyl (C=O) groups excluding carboxylic acids is 1. The van der Waals surface area contributed by atoms with Crippen LogP contribution >= 0.6 is 0 Å². The molecule has 0 saturated heterocycles. The fourth-order valence-electron chi connectivity index (χ4n) is 2.55. The Morgan fingerprint density at radius 2 is 2.00 bits per heavy atom. The topological polar surface area (TPSA) is 49.3 Å². The maximum absolute atomic E-state index is 12.6. The van der Waals surface area contributed by atoms with Crippen molar-refractivity contribution < 1.29 is 4.79 Å². The normalized spacial score (nSPS) is 13.8. The number of hydrogen-bond acceptors (Lipinski definition) is 4. The summed E-state index contributed by atoms with van der Waals surface area (Å²) in [5, 5.41) is 8.09. The van der Waals surface area contributed by atoms with Crippen LogP contribution in [0.2, 0.25) is 0 Å². The Bertz CT molecular complexity index is 683. The molecule has 5 nitrogen and oxygen atoms in total. The molecule has 0 spiro atoms. The summed E-state index contributed by atoms with van der Waals surface area (Å²) >= 11 is 0. The average molecular weight is 268 g/mol. The van der Waals surface area contributed by atoms with Gasteiger partial charge in [-0.2, -0.15) is 5.10 Å². The van der Waals surface area contributed by atoms with Gasteiger partial charge in [0.15, 0.2) is 5.82 Å². The zero-order chi connectivity index (χ0) is 14.3. The first-order valence-electron chi connectivity index (χ1n) is 6.61. The first kappa shape index (κ1) is 12.6. The summed E-state index contributed by atoms with van der Waals surface area (Å²) in [7, 11) is 1.80. The van der Waals surface area contributed by atoms with E-state index in [2.05, 4.69) is 10.2 Å². The van der Waals surface area contributed by atoms with Crippen molar-refractivity contribution in [2.75, 3.05) is 23.4 Å². The van der Waals surface area contributed by atoms with Gasteiger partial charge in [-0.25, -0.2) is 0 Å². The molecule has 0 aliphatic carbocycles. The largest absolute Gasteiger partial charge is 0.323 e. The lowest BCUT2D eigenvalue weighted by atomic mass is 10.1. The molecule has 1 aromatic heterocycles. The van der Waals surface area contributed by atoms with E-state index in [4.69, 9.17) is 0 Å². The molecule has 1 aromatic carbocycles. The number of hydrogen-bond donors (Lipinski definition) is 0. The van der Waals surface area contributed by atoms with E-state index in [1.165, 1.54) is 0 Å². The predicted molar refractivity (Wildman–Crippen MR) is 78.6 cm³/mol. The highest BCUT2D eigenvalue weighted by Gasteiger charge is 2.29. The molecule has 0 N–H and O–H groups in total. The standard InChI is InChI=1S/C15H16N4O/c1-4-19-12-6-5-10(2)9-13(12)18(3)15(20)11-7-8-16-17-14(11)19/h5-9H,4H2,1-3H3. The molecule has 0 fully saturated rings. The zero-order valence-electron chi connectivity index (χ0n) is 11.8. The number of benzene rings is 1. The molecule has 0 atom stereocenters. The SMILES string of the molecule is CCN1c2ccc(C)cc2N(C)C(=O)c2ccnnc21. The van der Waals surface area contributed by atoms with Gasteiger partial charge in [0.2, 0.25) is 0 Å². The summed E-state index contributed by atoms with van der Waals surface area (Å²) in [6.07, 6.45) is 1.56. The van der Waals surface area contributed by atoms with Crippen LogP contribution < -0.4 is 9.80 Å². The fourth-order valence-corrected chi connectivity index (χ4v) is 2.55. The highest BCUT2D eigenvalue weighted by atomic mass is 16.2. The minimum atomic E-state index is -0.0577. The van der Waals surface area contributed by atoms with Gasteiger partial charge in [0, 0.05) is 13.6 Å². The molecule has 0 unspecified atom stereocenters. The van der Waals surface area contributed by atoms with Gasteiger partial charge in [-0.15, -0.1) is 5.10 Å². The molecule has 1 aliphatic heterocycles. The molecule has 0 bridgehead atoms. The van der Waals surface area contributed by atoms with Crippen molar-refractivity contribution in [3.05, 3.63) is 41.6 Å². The van der Waals surface area contributed by atoms with Crippen molar-refractivity contribution in [2.45, 2.75) is 13.8 Å². The third-order valence-electron chi connectivity index (χ3n) is 3.59. The van der Waals surface area contributed by atoms with E-state index in [0.717, 1.165) is 23.5 Å². The second-order valence-corrected chi connectivity index (χ2v) is 4.87. The molecule has 3 rings (SSSR count). The molecule has 0 saturated carbocycles. The molecule has 2 heterocycles. The van der Waals surface area contributed by atoms with Crippen LogP contribution in [-0.4, -0.2) is 29.7 Å². The Morgan fingerprint density at radius 1 is 1.20 bits per heavy atom. The molecule has 1 aliphatic rings. The van der Waals surface area contributed by atoms with Gasteiger partial charge in [-0.3, -0.25) is 4.79 Å². The van der Waals surface area contributed by atoms with Gasteiger partial charge < -0.3 is 9.80 Å². The number of aromatic nitrogens is 2. The fraction of sp³-hybridized carbons (Fsp3) is 0.267. The van der Waals surface area contributed by atoms with Gasteiger partial charge in [0.25, 0.3) is 5.91 Å². The second-order valence-electron chi connectivity index (χ2n) is 4.87. The number of fused-ring (bicyclic) bond motifs is 2. The first-order chi connectivity index (χ1) is 9.63. The number of carbonyl (C=O) groups is 1. The number of anilines is 3. The van der Waals surface area contributed by atoms with Crippen LogP contribution in [0.4, 0.5) is 17.2 Å². The van der Waals surface area contributed by atoms with Crippen LogP contribution in [0.1, 0.15) is 22.8 Å². The highest BCUT2D eigenvalue weighted by Crippen LogP contribution is 2.38. The van der Waals surface area contributed by atoms with Crippen LogP contribution in [-0.2, 0) is 0 Å². The molecule has 20 heavy (non-hydrogen) atoms. The zero-order valence-corrected chi connectivity index (χ0v) is 11.8. The van der Waals surface area contributed by atoms with E-state index in [9.17, 15) is 4.79 Å². The minimum Gasteiger partial charge on any atom is -0.323 e. The van der Waals surface area contributed by atoms with Crippen molar-refractivity contribution >= 4 is 23.1 Å². The molecule has 2 aromatic rings. The second kappa shape index (κ2) is 4.59. The summed E-state index contributed by atoms with van der Waals surface area (Å²) in [6.45, 7) is 4.79. The third kappa shape index (κ3) is 1.74. The van der Waals surface area contributed by atoms with Crippen molar-refractivity contribution in [1.29, 1.82) is 0 Å². The van der Waals surface area contributed by atoms with Crippen molar-refractivity contribution in [2.24, 2.45) is 0 Å². The van der Waals surface area contributed by atoms with E-state index in [1.54, 1.807) is 24.2 Å². The first-order valence-corrected chi connectivity index (χ1v) is 6.61. The molecular formula is C15H16N4O. The summed E-state index contributed by atoms with van der Waals surface area (Å²) in [5.74, 6) is 0.562. The van der Waals surface area contributed by atoms with E-state index < -0.39 is 0 Å². The van der Waals surface area contributed by atoms with Crippen molar-refractivity contribution in [3.8, 4) is 0 Å². The monoisotopic (exact) mass is 268 g/mol. The minimum absolute atomic E-state index is 0.0577. The number of amides is 1. The van der Waals surface area contributed by atoms with Crippen LogP contribution in [0.3, 0.4) is 0 Å².